The molecule has 2 fully saturated rings. The Balaban J connectivity index is 1.64. The zero-order valence-corrected chi connectivity index (χ0v) is 16.9. The molecule has 1 atom stereocenters. The number of amides is 1. The number of nitrogens with zero attached hydrogens (tertiary/aromatic N) is 6. The third-order valence-corrected chi connectivity index (χ3v) is 5.47. The molecule has 1 aromatic rings. The number of piperidine rings is 1. The van der Waals surface area contributed by atoms with Gasteiger partial charge in [-0.2, -0.15) is 5.10 Å². The van der Waals surface area contributed by atoms with E-state index in [1.54, 1.807) is 10.9 Å². The third kappa shape index (κ3) is 4.80. The molecule has 0 spiro atoms. The second-order valence-corrected chi connectivity index (χ2v) is 7.31. The summed E-state index contributed by atoms with van der Waals surface area (Å²) in [5.74, 6) is 0.950. The minimum atomic E-state index is 0.0905. The van der Waals surface area contributed by atoms with Gasteiger partial charge in [-0.3, -0.25) is 19.4 Å². The average Bonchev–Trinajstić information content (AvgIpc) is 3.11. The largest absolute Gasteiger partial charge is 0.357 e. The molecule has 0 aromatic carbocycles. The highest BCUT2D eigenvalue weighted by molar-refractivity contribution is 5.98. The highest BCUT2D eigenvalue weighted by atomic mass is 16.2. The van der Waals surface area contributed by atoms with E-state index in [-0.39, 0.29) is 5.91 Å². The molecule has 3 rings (SSSR count). The molecule has 1 aromatic heterocycles. The van der Waals surface area contributed by atoms with Crippen LogP contribution >= 0.6 is 0 Å². The van der Waals surface area contributed by atoms with Gasteiger partial charge in [-0.25, -0.2) is 0 Å². The van der Waals surface area contributed by atoms with Crippen LogP contribution in [-0.2, 0) is 11.8 Å². The molecule has 0 radical (unpaired) electrons. The Kier molecular flexibility index (Phi) is 6.71. The second kappa shape index (κ2) is 9.21. The van der Waals surface area contributed by atoms with Crippen molar-refractivity contribution in [2.24, 2.45) is 12.0 Å². The van der Waals surface area contributed by atoms with Gasteiger partial charge in [0, 0.05) is 38.9 Å². The first-order valence-corrected chi connectivity index (χ1v) is 10.2. The number of likely N-dealkylation sites (tertiary alicyclic amines) is 1. The number of hydrogen-bond acceptors (Lipinski definition) is 4. The highest BCUT2D eigenvalue weighted by Gasteiger charge is 2.28. The lowest BCUT2D eigenvalue weighted by Gasteiger charge is -2.36. The number of anilines is 1. The molecule has 3 heterocycles. The molecular weight excluding hydrogens is 342 g/mol. The van der Waals surface area contributed by atoms with Crippen LogP contribution in [0.3, 0.4) is 0 Å². The summed E-state index contributed by atoms with van der Waals surface area (Å²) in [6.45, 7) is 9.93. The maximum absolute atomic E-state index is 12.7. The monoisotopic (exact) mass is 375 g/mol. The van der Waals surface area contributed by atoms with E-state index in [4.69, 9.17) is 4.99 Å². The van der Waals surface area contributed by atoms with Crippen LogP contribution in [0.5, 0.6) is 0 Å². The number of nitrogens with one attached hydrogen (secondary N) is 1. The molecule has 27 heavy (non-hydrogen) atoms. The molecule has 8 nitrogen and oxygen atoms in total. The summed E-state index contributed by atoms with van der Waals surface area (Å²) in [5, 5.41) is 7.55. The van der Waals surface area contributed by atoms with Crippen LogP contribution in [0.15, 0.2) is 17.4 Å². The minimum Gasteiger partial charge on any atom is -0.357 e. The van der Waals surface area contributed by atoms with Crippen molar-refractivity contribution in [1.29, 1.82) is 0 Å². The topological polar surface area (TPSA) is 69.0 Å². The van der Waals surface area contributed by atoms with Crippen molar-refractivity contribution in [2.75, 3.05) is 50.7 Å². The fourth-order valence-electron chi connectivity index (χ4n) is 3.98. The normalized spacial score (nSPS) is 22.4. The molecule has 1 unspecified atom stereocenters. The Morgan fingerprint density at radius 1 is 1.30 bits per heavy atom. The fourth-order valence-corrected chi connectivity index (χ4v) is 3.98. The standard InChI is InChI=1S/C19H33N7O/c1-4-20-19(21-12-16-8-6-7-9-24(16)5-2)25-10-11-26(18(27)15-25)17-13-22-23(3)14-17/h13-14,16H,4-12,15H2,1-3H3,(H,20,21). The van der Waals surface area contributed by atoms with Crippen molar-refractivity contribution in [3.05, 3.63) is 12.4 Å². The van der Waals surface area contributed by atoms with Gasteiger partial charge >= 0.3 is 0 Å². The fraction of sp³-hybridized carbons (Fsp3) is 0.737. The number of likely N-dealkylation sites (N-methyl/N-ethyl adjacent to an activating group) is 1. The number of carbonyl (C=O) groups excluding carboxylic acids is 1. The van der Waals surface area contributed by atoms with Gasteiger partial charge in [0.2, 0.25) is 5.91 Å². The Labute approximate surface area is 162 Å². The van der Waals surface area contributed by atoms with Crippen LogP contribution in [0, 0.1) is 0 Å². The molecule has 2 saturated heterocycles. The maximum atomic E-state index is 12.7. The molecule has 0 bridgehead atoms. The number of carbonyl (C=O) groups is 1. The van der Waals surface area contributed by atoms with E-state index in [2.05, 4.69) is 34.1 Å². The summed E-state index contributed by atoms with van der Waals surface area (Å²) < 4.78 is 1.73. The first-order chi connectivity index (χ1) is 13.1. The predicted octanol–water partition coefficient (Wildman–Crippen LogP) is 0.909. The van der Waals surface area contributed by atoms with E-state index in [0.717, 1.165) is 37.8 Å². The van der Waals surface area contributed by atoms with Crippen LogP contribution in [0.25, 0.3) is 0 Å². The van der Waals surface area contributed by atoms with E-state index in [1.807, 2.05) is 18.1 Å². The predicted molar refractivity (Wildman–Crippen MR) is 108 cm³/mol. The number of aromatic nitrogens is 2. The van der Waals surface area contributed by atoms with Crippen molar-refractivity contribution in [3.8, 4) is 0 Å². The summed E-state index contributed by atoms with van der Waals surface area (Å²) in [7, 11) is 1.87. The quantitative estimate of drug-likeness (QED) is 0.612. The van der Waals surface area contributed by atoms with Gasteiger partial charge in [-0.1, -0.05) is 13.3 Å². The summed E-state index contributed by atoms with van der Waals surface area (Å²) in [4.78, 5) is 24.0. The summed E-state index contributed by atoms with van der Waals surface area (Å²) in [6, 6.07) is 0.518. The van der Waals surface area contributed by atoms with Crippen LogP contribution in [0.4, 0.5) is 5.69 Å². The van der Waals surface area contributed by atoms with E-state index >= 15 is 0 Å². The first-order valence-electron chi connectivity index (χ1n) is 10.2. The zero-order chi connectivity index (χ0) is 19.2. The SMILES string of the molecule is CCNC(=NCC1CCCCN1CC)N1CCN(c2cnn(C)c2)C(=O)C1. The van der Waals surface area contributed by atoms with Crippen molar-refractivity contribution in [3.63, 3.8) is 0 Å². The lowest BCUT2D eigenvalue weighted by molar-refractivity contribution is -0.120. The molecule has 0 saturated carbocycles. The molecule has 150 valence electrons. The van der Waals surface area contributed by atoms with Crippen molar-refractivity contribution < 1.29 is 4.79 Å². The Morgan fingerprint density at radius 2 is 2.15 bits per heavy atom. The summed E-state index contributed by atoms with van der Waals surface area (Å²) in [5.41, 5.74) is 0.866. The highest BCUT2D eigenvalue weighted by Crippen LogP contribution is 2.18. The molecule has 2 aliphatic heterocycles. The minimum absolute atomic E-state index is 0.0905. The van der Waals surface area contributed by atoms with Crippen molar-refractivity contribution in [2.45, 2.75) is 39.2 Å². The average molecular weight is 376 g/mol. The van der Waals surface area contributed by atoms with Gasteiger partial charge in [-0.05, 0) is 32.9 Å². The van der Waals surface area contributed by atoms with E-state index < -0.39 is 0 Å². The number of piperazine rings is 1. The number of guanidine groups is 1. The summed E-state index contributed by atoms with van der Waals surface area (Å²) in [6.07, 6.45) is 7.42. The van der Waals surface area contributed by atoms with Crippen LogP contribution in [0.1, 0.15) is 33.1 Å². The van der Waals surface area contributed by atoms with Crippen molar-refractivity contribution in [1.82, 2.24) is 24.9 Å². The summed E-state index contributed by atoms with van der Waals surface area (Å²) >= 11 is 0. The van der Waals surface area contributed by atoms with E-state index in [9.17, 15) is 4.79 Å². The van der Waals surface area contributed by atoms with Gasteiger partial charge in [0.1, 0.15) is 6.54 Å². The van der Waals surface area contributed by atoms with Crippen LogP contribution in [-0.4, -0.2) is 83.3 Å². The Morgan fingerprint density at radius 3 is 2.81 bits per heavy atom. The number of aryl methyl sites for hydroxylation is 1. The lowest BCUT2D eigenvalue weighted by Crippen LogP contribution is -2.55. The molecule has 1 N–H and O–H groups in total. The number of hydrogen-bond donors (Lipinski definition) is 1. The van der Waals surface area contributed by atoms with Gasteiger partial charge in [0.05, 0.1) is 18.4 Å². The Hall–Kier alpha value is -2.09. The lowest BCUT2D eigenvalue weighted by atomic mass is 10.0. The smallest absolute Gasteiger partial charge is 0.246 e. The zero-order valence-electron chi connectivity index (χ0n) is 16.9. The molecular formula is C19H33N7O. The van der Waals surface area contributed by atoms with Gasteiger partial charge in [0.25, 0.3) is 0 Å². The first kappa shape index (κ1) is 19.7. The van der Waals surface area contributed by atoms with E-state index in [1.165, 1.54) is 25.8 Å². The van der Waals surface area contributed by atoms with E-state index in [0.29, 0.717) is 19.1 Å². The Bertz CT molecular complexity index is 656. The number of rotatable bonds is 5. The second-order valence-electron chi connectivity index (χ2n) is 7.31. The molecule has 8 heteroatoms. The van der Waals surface area contributed by atoms with Gasteiger partial charge in [-0.15, -0.1) is 0 Å². The maximum Gasteiger partial charge on any atom is 0.246 e. The van der Waals surface area contributed by atoms with Crippen molar-refractivity contribution >= 4 is 17.6 Å². The molecule has 0 aliphatic carbocycles. The molecule has 2 aliphatic rings. The van der Waals surface area contributed by atoms with Gasteiger partial charge < -0.3 is 15.1 Å². The van der Waals surface area contributed by atoms with Crippen LogP contribution < -0.4 is 10.2 Å². The van der Waals surface area contributed by atoms with Gasteiger partial charge in [0.15, 0.2) is 5.96 Å². The number of aliphatic imine (C=N–C) groups is 1. The third-order valence-electron chi connectivity index (χ3n) is 5.47. The van der Waals surface area contributed by atoms with Crippen LogP contribution in [0.2, 0.25) is 0 Å². The molecule has 1 amide bonds.